The highest BCUT2D eigenvalue weighted by Crippen LogP contribution is 2.30. The second-order valence-electron chi connectivity index (χ2n) is 4.94. The van der Waals surface area contributed by atoms with Crippen LogP contribution in [0.5, 0.6) is 0 Å². The Morgan fingerprint density at radius 1 is 1.22 bits per heavy atom. The van der Waals surface area contributed by atoms with Crippen molar-refractivity contribution in [2.24, 2.45) is 5.14 Å². The number of nitrogens with two attached hydrogens (primary N) is 1. The van der Waals surface area contributed by atoms with Crippen LogP contribution in [0, 0.1) is 10.1 Å². The molecule has 0 aliphatic carbocycles. The number of benzene rings is 2. The van der Waals surface area contributed by atoms with E-state index in [2.05, 4.69) is 15.9 Å². The molecule has 0 bridgehead atoms. The SMILES string of the molecule is CN(Cc1ccc(Br)cc1)c1ccc(S(N)(=O)=O)cc1[N+](=O)[O-]. The molecule has 0 amide bonds. The highest BCUT2D eigenvalue weighted by atomic mass is 79.9. The van der Waals surface area contributed by atoms with Gasteiger partial charge < -0.3 is 4.90 Å². The number of halogens is 1. The normalized spacial score (nSPS) is 11.3. The van der Waals surface area contributed by atoms with Gasteiger partial charge in [-0.3, -0.25) is 10.1 Å². The molecule has 0 saturated heterocycles. The molecule has 0 aliphatic rings. The third-order valence-electron chi connectivity index (χ3n) is 3.22. The molecule has 0 saturated carbocycles. The number of anilines is 1. The van der Waals surface area contributed by atoms with Crippen molar-refractivity contribution >= 4 is 37.3 Å². The summed E-state index contributed by atoms with van der Waals surface area (Å²) in [5, 5.41) is 16.3. The average molecular weight is 400 g/mol. The molecule has 2 N–H and O–H groups in total. The lowest BCUT2D eigenvalue weighted by molar-refractivity contribution is -0.384. The Hall–Kier alpha value is -1.97. The third kappa shape index (κ3) is 4.27. The van der Waals surface area contributed by atoms with Gasteiger partial charge in [0.2, 0.25) is 10.0 Å². The van der Waals surface area contributed by atoms with Crippen molar-refractivity contribution in [3.63, 3.8) is 0 Å². The number of primary sulfonamides is 1. The summed E-state index contributed by atoms with van der Waals surface area (Å²) in [6.45, 7) is 0.433. The summed E-state index contributed by atoms with van der Waals surface area (Å²) in [5.74, 6) is 0. The number of nitrogens with zero attached hydrogens (tertiary/aromatic N) is 2. The monoisotopic (exact) mass is 399 g/mol. The minimum Gasteiger partial charge on any atom is -0.365 e. The van der Waals surface area contributed by atoms with Crippen molar-refractivity contribution in [2.75, 3.05) is 11.9 Å². The third-order valence-corrected chi connectivity index (χ3v) is 4.66. The molecule has 0 heterocycles. The van der Waals surface area contributed by atoms with Crippen LogP contribution in [-0.2, 0) is 16.6 Å². The van der Waals surface area contributed by atoms with Gasteiger partial charge in [0.25, 0.3) is 5.69 Å². The van der Waals surface area contributed by atoms with Crippen LogP contribution in [0.2, 0.25) is 0 Å². The van der Waals surface area contributed by atoms with Crippen molar-refractivity contribution in [1.29, 1.82) is 0 Å². The Morgan fingerprint density at radius 3 is 2.35 bits per heavy atom. The molecule has 2 rings (SSSR count). The standard InChI is InChI=1S/C14H14BrN3O4S/c1-17(9-10-2-4-11(15)5-3-10)13-7-6-12(23(16,21)22)8-14(13)18(19)20/h2-8H,9H2,1H3,(H2,16,21,22). The first-order chi connectivity index (χ1) is 10.7. The molecule has 0 radical (unpaired) electrons. The van der Waals surface area contributed by atoms with Crippen LogP contribution in [0.4, 0.5) is 11.4 Å². The number of hydrogen-bond acceptors (Lipinski definition) is 5. The molecule has 0 fully saturated rings. The molecule has 7 nitrogen and oxygen atoms in total. The van der Waals surface area contributed by atoms with E-state index in [1.807, 2.05) is 24.3 Å². The van der Waals surface area contributed by atoms with Crippen LogP contribution in [0.1, 0.15) is 5.56 Å². The maximum atomic E-state index is 11.3. The number of nitro groups is 1. The maximum absolute atomic E-state index is 11.3. The second-order valence-corrected chi connectivity index (χ2v) is 7.41. The first kappa shape index (κ1) is 17.4. The quantitative estimate of drug-likeness (QED) is 0.614. The average Bonchev–Trinajstić information content (AvgIpc) is 2.48. The van der Waals surface area contributed by atoms with Gasteiger partial charge in [-0.25, -0.2) is 13.6 Å². The fourth-order valence-corrected chi connectivity index (χ4v) is 2.90. The zero-order valence-corrected chi connectivity index (χ0v) is 14.5. The van der Waals surface area contributed by atoms with E-state index in [9.17, 15) is 18.5 Å². The Bertz CT molecular complexity index is 838. The molecule has 0 spiro atoms. The molecule has 2 aromatic carbocycles. The summed E-state index contributed by atoms with van der Waals surface area (Å²) in [4.78, 5) is 12.0. The topological polar surface area (TPSA) is 107 Å². The molecule has 2 aromatic rings. The molecule has 0 aliphatic heterocycles. The Morgan fingerprint density at radius 2 is 1.83 bits per heavy atom. The van der Waals surface area contributed by atoms with Crippen LogP contribution in [0.15, 0.2) is 51.8 Å². The molecular formula is C14H14BrN3O4S. The van der Waals surface area contributed by atoms with Crippen molar-refractivity contribution in [1.82, 2.24) is 0 Å². The van der Waals surface area contributed by atoms with Crippen LogP contribution >= 0.6 is 15.9 Å². The van der Waals surface area contributed by atoms with Crippen molar-refractivity contribution in [2.45, 2.75) is 11.4 Å². The van der Waals surface area contributed by atoms with Crippen LogP contribution < -0.4 is 10.0 Å². The predicted molar refractivity (Wildman–Crippen MR) is 90.7 cm³/mol. The summed E-state index contributed by atoms with van der Waals surface area (Å²) in [6, 6.07) is 11.2. The summed E-state index contributed by atoms with van der Waals surface area (Å²) in [5.41, 5.74) is 0.960. The van der Waals surface area contributed by atoms with Crippen molar-refractivity contribution in [3.8, 4) is 0 Å². The van der Waals surface area contributed by atoms with Gasteiger partial charge in [0, 0.05) is 24.1 Å². The van der Waals surface area contributed by atoms with Crippen LogP contribution in [0.25, 0.3) is 0 Å². The summed E-state index contributed by atoms with van der Waals surface area (Å²) >= 11 is 3.34. The van der Waals surface area contributed by atoms with Gasteiger partial charge >= 0.3 is 0 Å². The lowest BCUT2D eigenvalue weighted by Gasteiger charge is -2.19. The van der Waals surface area contributed by atoms with E-state index in [-0.39, 0.29) is 10.6 Å². The largest absolute Gasteiger partial charge is 0.365 e. The van der Waals surface area contributed by atoms with Gasteiger partial charge in [-0.15, -0.1) is 0 Å². The molecule has 23 heavy (non-hydrogen) atoms. The van der Waals surface area contributed by atoms with E-state index in [4.69, 9.17) is 5.14 Å². The van der Waals surface area contributed by atoms with Gasteiger partial charge in [0.05, 0.1) is 9.82 Å². The molecule has 9 heteroatoms. The number of sulfonamides is 1. The Balaban J connectivity index is 2.37. The van der Waals surface area contributed by atoms with Gasteiger partial charge in [-0.2, -0.15) is 0 Å². The van der Waals surface area contributed by atoms with Gasteiger partial charge in [0.1, 0.15) is 5.69 Å². The summed E-state index contributed by atoms with van der Waals surface area (Å²) < 4.78 is 23.6. The zero-order chi connectivity index (χ0) is 17.2. The van der Waals surface area contributed by atoms with E-state index in [1.165, 1.54) is 12.1 Å². The zero-order valence-electron chi connectivity index (χ0n) is 12.1. The van der Waals surface area contributed by atoms with Gasteiger partial charge in [0.15, 0.2) is 0 Å². The smallest absolute Gasteiger partial charge is 0.293 e. The lowest BCUT2D eigenvalue weighted by Crippen LogP contribution is -2.19. The Kier molecular flexibility index (Phi) is 5.03. The second kappa shape index (κ2) is 6.65. The highest BCUT2D eigenvalue weighted by molar-refractivity contribution is 9.10. The fraction of sp³-hybridized carbons (Fsp3) is 0.143. The first-order valence-electron chi connectivity index (χ1n) is 6.45. The molecule has 122 valence electrons. The van der Waals surface area contributed by atoms with E-state index < -0.39 is 14.9 Å². The maximum Gasteiger partial charge on any atom is 0.293 e. The minimum atomic E-state index is -3.99. The summed E-state index contributed by atoms with van der Waals surface area (Å²) in [7, 11) is -2.30. The number of nitro benzene ring substituents is 1. The molecular weight excluding hydrogens is 386 g/mol. The van der Waals surface area contributed by atoms with Crippen LogP contribution in [0.3, 0.4) is 0 Å². The van der Waals surface area contributed by atoms with Crippen molar-refractivity contribution in [3.05, 3.63) is 62.6 Å². The predicted octanol–water partition coefficient (Wildman–Crippen LogP) is 2.64. The highest BCUT2D eigenvalue weighted by Gasteiger charge is 2.21. The van der Waals surface area contributed by atoms with Crippen LogP contribution in [-0.4, -0.2) is 20.4 Å². The van der Waals surface area contributed by atoms with E-state index in [0.29, 0.717) is 12.2 Å². The molecule has 0 unspecified atom stereocenters. The number of rotatable bonds is 5. The van der Waals surface area contributed by atoms with Gasteiger partial charge in [-0.1, -0.05) is 28.1 Å². The van der Waals surface area contributed by atoms with Gasteiger partial charge in [-0.05, 0) is 29.8 Å². The van der Waals surface area contributed by atoms with E-state index in [1.54, 1.807) is 11.9 Å². The van der Waals surface area contributed by atoms with E-state index >= 15 is 0 Å². The minimum absolute atomic E-state index is 0.287. The molecule has 0 atom stereocenters. The summed E-state index contributed by atoms with van der Waals surface area (Å²) in [6.07, 6.45) is 0. The van der Waals surface area contributed by atoms with Crippen molar-refractivity contribution < 1.29 is 13.3 Å². The lowest BCUT2D eigenvalue weighted by atomic mass is 10.2. The molecule has 0 aromatic heterocycles. The first-order valence-corrected chi connectivity index (χ1v) is 8.79. The fourth-order valence-electron chi connectivity index (χ4n) is 2.10. The Labute approximate surface area is 142 Å². The number of hydrogen-bond donors (Lipinski definition) is 1. The van der Waals surface area contributed by atoms with E-state index in [0.717, 1.165) is 16.1 Å².